The van der Waals surface area contributed by atoms with Gasteiger partial charge >= 0.3 is 0 Å². The molecule has 1 aliphatic heterocycles. The van der Waals surface area contributed by atoms with Crippen LogP contribution in [0.15, 0.2) is 83.3 Å². The van der Waals surface area contributed by atoms with Crippen LogP contribution < -0.4 is 15.1 Å². The number of benzene rings is 2. The largest absolute Gasteiger partial charge is 0.330 e. The molecule has 8 heteroatoms. The van der Waals surface area contributed by atoms with Crippen LogP contribution in [0.1, 0.15) is 0 Å². The molecule has 2 N–H and O–H groups in total. The van der Waals surface area contributed by atoms with Crippen molar-refractivity contribution in [2.24, 2.45) is 10.2 Å². The van der Waals surface area contributed by atoms with Crippen molar-refractivity contribution < 1.29 is 9.69 Å². The van der Waals surface area contributed by atoms with Gasteiger partial charge in [0, 0.05) is 18.1 Å². The number of amides is 1. The van der Waals surface area contributed by atoms with Crippen LogP contribution in [0.2, 0.25) is 0 Å². The summed E-state index contributed by atoms with van der Waals surface area (Å²) in [6.07, 6.45) is 3.51. The normalized spacial score (nSPS) is 14.7. The van der Waals surface area contributed by atoms with Crippen molar-refractivity contribution in [2.45, 2.75) is 0 Å². The van der Waals surface area contributed by atoms with Crippen molar-refractivity contribution in [3.05, 3.63) is 73.1 Å². The first kappa shape index (κ1) is 19.7. The average Bonchev–Trinajstić information content (AvgIpc) is 2.80. The lowest BCUT2D eigenvalue weighted by molar-refractivity contribution is -0.892. The molecule has 2 heterocycles. The first-order valence-corrected chi connectivity index (χ1v) is 9.98. The Morgan fingerprint density at radius 1 is 0.900 bits per heavy atom. The fourth-order valence-electron chi connectivity index (χ4n) is 3.31. The Morgan fingerprint density at radius 3 is 2.20 bits per heavy atom. The Morgan fingerprint density at radius 2 is 1.53 bits per heavy atom. The number of piperazine rings is 1. The highest BCUT2D eigenvalue weighted by Crippen LogP contribution is 2.19. The van der Waals surface area contributed by atoms with E-state index in [4.69, 9.17) is 0 Å². The monoisotopic (exact) mass is 402 g/mol. The van der Waals surface area contributed by atoms with Crippen LogP contribution in [0.25, 0.3) is 0 Å². The summed E-state index contributed by atoms with van der Waals surface area (Å²) in [7, 11) is 0. The molecule has 30 heavy (non-hydrogen) atoms. The zero-order valence-corrected chi connectivity index (χ0v) is 16.6. The quantitative estimate of drug-likeness (QED) is 0.619. The predicted molar refractivity (Wildman–Crippen MR) is 115 cm³/mol. The molecule has 0 saturated carbocycles. The van der Waals surface area contributed by atoms with Crippen molar-refractivity contribution in [1.82, 2.24) is 9.97 Å². The molecule has 4 rings (SSSR count). The number of anilines is 2. The van der Waals surface area contributed by atoms with Gasteiger partial charge in [-0.3, -0.25) is 4.79 Å². The average molecular weight is 402 g/mol. The van der Waals surface area contributed by atoms with E-state index in [-0.39, 0.29) is 5.91 Å². The predicted octanol–water partition coefficient (Wildman–Crippen LogP) is 2.24. The smallest absolute Gasteiger partial charge is 0.279 e. The molecule has 0 radical (unpaired) electrons. The molecule has 152 valence electrons. The number of hydrogen-bond acceptors (Lipinski definition) is 6. The molecule has 0 aliphatic carbocycles. The maximum absolute atomic E-state index is 12.4. The Balaban J connectivity index is 1.24. The summed E-state index contributed by atoms with van der Waals surface area (Å²) < 4.78 is 0. The van der Waals surface area contributed by atoms with Gasteiger partial charge in [0.15, 0.2) is 6.54 Å². The Bertz CT molecular complexity index is 969. The van der Waals surface area contributed by atoms with E-state index in [1.807, 2.05) is 60.7 Å². The summed E-state index contributed by atoms with van der Waals surface area (Å²) in [4.78, 5) is 24.4. The fourth-order valence-corrected chi connectivity index (χ4v) is 3.31. The molecule has 1 fully saturated rings. The van der Waals surface area contributed by atoms with Gasteiger partial charge in [-0.15, -0.1) is 0 Å². The van der Waals surface area contributed by atoms with Gasteiger partial charge in [-0.25, -0.2) is 9.97 Å². The molecule has 3 aromatic rings. The molecular weight excluding hydrogens is 378 g/mol. The number of aromatic nitrogens is 2. The van der Waals surface area contributed by atoms with E-state index >= 15 is 0 Å². The van der Waals surface area contributed by atoms with Crippen molar-refractivity contribution >= 4 is 28.9 Å². The molecular formula is C22H24N7O+. The number of carbonyl (C=O) groups excluding carboxylic acids is 1. The lowest BCUT2D eigenvalue weighted by Gasteiger charge is -2.31. The van der Waals surface area contributed by atoms with Crippen molar-refractivity contribution in [3.63, 3.8) is 0 Å². The summed E-state index contributed by atoms with van der Waals surface area (Å²) in [5.74, 6) is 0.763. The minimum Gasteiger partial charge on any atom is -0.330 e. The van der Waals surface area contributed by atoms with Gasteiger partial charge in [0.05, 0.1) is 37.6 Å². The van der Waals surface area contributed by atoms with Crippen LogP contribution in [-0.4, -0.2) is 48.6 Å². The van der Waals surface area contributed by atoms with Crippen LogP contribution in [0, 0.1) is 0 Å². The summed E-state index contributed by atoms with van der Waals surface area (Å²) in [6, 6.07) is 18.8. The lowest BCUT2D eigenvalue weighted by Crippen LogP contribution is -3.15. The summed E-state index contributed by atoms with van der Waals surface area (Å²) >= 11 is 0. The van der Waals surface area contributed by atoms with Crippen molar-refractivity contribution in [1.29, 1.82) is 0 Å². The van der Waals surface area contributed by atoms with Crippen molar-refractivity contribution in [3.8, 4) is 0 Å². The molecule has 1 saturated heterocycles. The summed E-state index contributed by atoms with van der Waals surface area (Å²) in [5, 5.41) is 11.4. The third-order valence-electron chi connectivity index (χ3n) is 4.90. The van der Waals surface area contributed by atoms with E-state index in [9.17, 15) is 4.79 Å². The van der Waals surface area contributed by atoms with E-state index in [0.717, 1.165) is 49.2 Å². The maximum atomic E-state index is 12.4. The molecule has 0 unspecified atom stereocenters. The van der Waals surface area contributed by atoms with Gasteiger partial charge in [-0.2, -0.15) is 10.2 Å². The van der Waals surface area contributed by atoms with E-state index in [1.165, 1.54) is 4.90 Å². The number of azo groups is 1. The van der Waals surface area contributed by atoms with Crippen LogP contribution in [-0.2, 0) is 4.79 Å². The molecule has 0 spiro atoms. The second kappa shape index (κ2) is 9.71. The highest BCUT2D eigenvalue weighted by atomic mass is 16.2. The number of rotatable bonds is 6. The van der Waals surface area contributed by atoms with Crippen LogP contribution >= 0.6 is 0 Å². The molecule has 1 amide bonds. The zero-order chi connectivity index (χ0) is 20.6. The number of quaternary nitrogens is 1. The number of nitrogens with zero attached hydrogens (tertiary/aromatic N) is 5. The summed E-state index contributed by atoms with van der Waals surface area (Å²) in [6.45, 7) is 3.88. The maximum Gasteiger partial charge on any atom is 0.279 e. The number of hydrogen-bond donors (Lipinski definition) is 2. The standard InChI is InChI=1S/C22H23N7O/c30-21(17-28-13-15-29(16-14-28)22-23-11-4-12-24-22)25-18-7-9-20(10-8-18)27-26-19-5-2-1-3-6-19/h1-12H,13-17H2,(H,25,30)/p+1. The Hall–Kier alpha value is -3.65. The third kappa shape index (κ3) is 5.45. The topological polar surface area (TPSA) is 87.3 Å². The van der Waals surface area contributed by atoms with Crippen LogP contribution in [0.5, 0.6) is 0 Å². The van der Waals surface area contributed by atoms with E-state index in [0.29, 0.717) is 6.54 Å². The van der Waals surface area contributed by atoms with Crippen LogP contribution in [0.3, 0.4) is 0 Å². The van der Waals surface area contributed by atoms with Gasteiger partial charge in [0.1, 0.15) is 0 Å². The highest BCUT2D eigenvalue weighted by molar-refractivity contribution is 5.91. The van der Waals surface area contributed by atoms with Gasteiger partial charge in [-0.05, 0) is 42.5 Å². The van der Waals surface area contributed by atoms with Crippen molar-refractivity contribution in [2.75, 3.05) is 42.9 Å². The van der Waals surface area contributed by atoms with E-state index in [1.54, 1.807) is 12.4 Å². The number of nitrogens with one attached hydrogen (secondary N) is 2. The minimum atomic E-state index is 0.00747. The first-order valence-electron chi connectivity index (χ1n) is 9.98. The van der Waals surface area contributed by atoms with Gasteiger partial charge < -0.3 is 15.1 Å². The fraction of sp³-hybridized carbons (Fsp3) is 0.227. The zero-order valence-electron chi connectivity index (χ0n) is 16.6. The lowest BCUT2D eigenvalue weighted by atomic mass is 10.2. The second-order valence-electron chi connectivity index (χ2n) is 7.09. The highest BCUT2D eigenvalue weighted by Gasteiger charge is 2.23. The second-order valence-corrected chi connectivity index (χ2v) is 7.09. The molecule has 1 aromatic heterocycles. The Labute approximate surface area is 175 Å². The van der Waals surface area contributed by atoms with Gasteiger partial charge in [-0.1, -0.05) is 18.2 Å². The van der Waals surface area contributed by atoms with E-state index in [2.05, 4.69) is 30.4 Å². The first-order chi connectivity index (χ1) is 14.8. The van der Waals surface area contributed by atoms with Crippen LogP contribution in [0.4, 0.5) is 23.0 Å². The molecule has 0 atom stereocenters. The minimum absolute atomic E-state index is 0.00747. The molecule has 1 aliphatic rings. The third-order valence-corrected chi connectivity index (χ3v) is 4.90. The van der Waals surface area contributed by atoms with E-state index < -0.39 is 0 Å². The summed E-state index contributed by atoms with van der Waals surface area (Å²) in [5.41, 5.74) is 2.30. The SMILES string of the molecule is O=C(C[NH+]1CCN(c2ncccn2)CC1)Nc1ccc(N=Nc2ccccc2)cc1. The van der Waals surface area contributed by atoms with Gasteiger partial charge in [0.25, 0.3) is 5.91 Å². The Kier molecular flexibility index (Phi) is 6.36. The molecule has 8 nitrogen and oxygen atoms in total. The van der Waals surface area contributed by atoms with Gasteiger partial charge in [0.2, 0.25) is 5.95 Å². The number of carbonyl (C=O) groups is 1. The molecule has 2 aromatic carbocycles. The molecule has 0 bridgehead atoms.